The second-order valence-corrected chi connectivity index (χ2v) is 8.29. The number of nitrogens with one attached hydrogen (secondary N) is 1. The first kappa shape index (κ1) is 22.6. The van der Waals surface area contributed by atoms with E-state index in [0.717, 1.165) is 23.4 Å². The molecule has 0 aliphatic heterocycles. The van der Waals surface area contributed by atoms with Crippen LogP contribution in [0.2, 0.25) is 0 Å². The van der Waals surface area contributed by atoms with Crippen molar-refractivity contribution in [3.05, 3.63) is 65.5 Å². The van der Waals surface area contributed by atoms with Crippen LogP contribution in [-0.2, 0) is 16.0 Å². The quantitative estimate of drug-likeness (QED) is 0.544. The summed E-state index contributed by atoms with van der Waals surface area (Å²) in [4.78, 5) is 26.4. The van der Waals surface area contributed by atoms with Crippen molar-refractivity contribution in [1.82, 2.24) is 19.7 Å². The molecule has 0 atom stereocenters. The van der Waals surface area contributed by atoms with Crippen molar-refractivity contribution in [1.29, 1.82) is 0 Å². The number of hydrogen-bond acceptors (Lipinski definition) is 5. The van der Waals surface area contributed by atoms with Gasteiger partial charge in [0.1, 0.15) is 6.33 Å². The predicted octanol–water partition coefficient (Wildman–Crippen LogP) is 3.64. The average Bonchev–Trinajstić information content (AvgIpc) is 3.22. The zero-order chi connectivity index (χ0) is 22.4. The molecule has 31 heavy (non-hydrogen) atoms. The minimum Gasteiger partial charge on any atom is -0.336 e. The topological polar surface area (TPSA) is 80.1 Å². The van der Waals surface area contributed by atoms with Crippen molar-refractivity contribution in [3.63, 3.8) is 0 Å². The van der Waals surface area contributed by atoms with Gasteiger partial charge in [0.15, 0.2) is 5.16 Å². The molecule has 0 bridgehead atoms. The lowest BCUT2D eigenvalue weighted by molar-refractivity contribution is -0.131. The van der Waals surface area contributed by atoms with Crippen molar-refractivity contribution >= 4 is 29.3 Å². The number of rotatable bonds is 8. The van der Waals surface area contributed by atoms with Crippen LogP contribution in [0, 0.1) is 13.8 Å². The van der Waals surface area contributed by atoms with Gasteiger partial charge in [-0.2, -0.15) is 0 Å². The van der Waals surface area contributed by atoms with E-state index in [0.29, 0.717) is 5.16 Å². The average molecular weight is 438 g/mol. The molecule has 3 rings (SSSR count). The van der Waals surface area contributed by atoms with Gasteiger partial charge in [0.2, 0.25) is 11.8 Å². The lowest BCUT2D eigenvalue weighted by Crippen LogP contribution is -2.36. The highest BCUT2D eigenvalue weighted by Crippen LogP contribution is 2.21. The standard InChI is InChI=1S/C23H27N5O2S/c1-5-18-8-6-7-9-20(18)25-21(29)13-27(4)22(30)14-31-23-26-24-15-28(23)19-11-10-16(2)17(3)12-19/h6-12,15H,5,13-14H2,1-4H3,(H,25,29). The van der Waals surface area contributed by atoms with Gasteiger partial charge in [0, 0.05) is 18.4 Å². The van der Waals surface area contributed by atoms with E-state index in [1.165, 1.54) is 27.8 Å². The predicted molar refractivity (Wildman–Crippen MR) is 124 cm³/mol. The van der Waals surface area contributed by atoms with E-state index >= 15 is 0 Å². The number of anilines is 1. The van der Waals surface area contributed by atoms with E-state index in [1.807, 2.05) is 47.9 Å². The molecule has 2 amide bonds. The number of benzene rings is 2. The highest BCUT2D eigenvalue weighted by Gasteiger charge is 2.16. The Morgan fingerprint density at radius 1 is 1.13 bits per heavy atom. The van der Waals surface area contributed by atoms with Crippen molar-refractivity contribution < 1.29 is 9.59 Å². The molecule has 0 spiro atoms. The Kier molecular flexibility index (Phi) is 7.46. The smallest absolute Gasteiger partial charge is 0.243 e. The molecule has 0 fully saturated rings. The third-order valence-corrected chi connectivity index (χ3v) is 6.02. The van der Waals surface area contributed by atoms with E-state index in [9.17, 15) is 9.59 Å². The van der Waals surface area contributed by atoms with Crippen molar-refractivity contribution in [2.45, 2.75) is 32.3 Å². The number of carbonyl (C=O) groups excluding carboxylic acids is 2. The molecule has 1 aromatic heterocycles. The molecule has 162 valence electrons. The number of para-hydroxylation sites is 1. The van der Waals surface area contributed by atoms with Crippen LogP contribution in [0.4, 0.5) is 5.69 Å². The summed E-state index contributed by atoms with van der Waals surface area (Å²) in [7, 11) is 1.63. The fourth-order valence-corrected chi connectivity index (χ4v) is 3.93. The monoisotopic (exact) mass is 437 g/mol. The number of aromatic nitrogens is 3. The summed E-state index contributed by atoms with van der Waals surface area (Å²) in [5.74, 6) is -0.211. The minimum atomic E-state index is -0.222. The molecule has 0 radical (unpaired) electrons. The maximum absolute atomic E-state index is 12.6. The van der Waals surface area contributed by atoms with E-state index in [-0.39, 0.29) is 24.1 Å². The summed E-state index contributed by atoms with van der Waals surface area (Å²) in [6, 6.07) is 13.8. The number of aryl methyl sites for hydroxylation is 3. The SMILES string of the molecule is CCc1ccccc1NC(=O)CN(C)C(=O)CSc1nncn1-c1ccc(C)c(C)c1. The zero-order valence-corrected chi connectivity index (χ0v) is 19.1. The number of amides is 2. The molecule has 2 aromatic carbocycles. The molecule has 7 nitrogen and oxygen atoms in total. The molecule has 0 aliphatic rings. The Morgan fingerprint density at radius 2 is 1.90 bits per heavy atom. The van der Waals surface area contributed by atoms with Crippen LogP contribution < -0.4 is 5.32 Å². The fraction of sp³-hybridized carbons (Fsp3) is 0.304. The Labute approximate surface area is 186 Å². The molecule has 0 unspecified atom stereocenters. The second kappa shape index (κ2) is 10.3. The summed E-state index contributed by atoms with van der Waals surface area (Å²) >= 11 is 1.30. The molecular formula is C23H27N5O2S. The molecule has 8 heteroatoms. The van der Waals surface area contributed by atoms with Crippen LogP contribution in [0.25, 0.3) is 5.69 Å². The Bertz CT molecular complexity index is 1080. The van der Waals surface area contributed by atoms with Crippen molar-refractivity contribution in [2.75, 3.05) is 24.7 Å². The van der Waals surface area contributed by atoms with Crippen LogP contribution in [0.3, 0.4) is 0 Å². The Morgan fingerprint density at radius 3 is 2.65 bits per heavy atom. The molecule has 0 saturated heterocycles. The molecular weight excluding hydrogens is 410 g/mol. The first-order valence-electron chi connectivity index (χ1n) is 10.1. The van der Waals surface area contributed by atoms with Crippen LogP contribution in [0.1, 0.15) is 23.6 Å². The third-order valence-electron chi connectivity index (χ3n) is 5.09. The van der Waals surface area contributed by atoms with Gasteiger partial charge in [-0.1, -0.05) is 43.0 Å². The maximum atomic E-state index is 12.6. The van der Waals surface area contributed by atoms with Gasteiger partial charge in [-0.25, -0.2) is 0 Å². The number of nitrogens with zero attached hydrogens (tertiary/aromatic N) is 4. The maximum Gasteiger partial charge on any atom is 0.243 e. The Hall–Kier alpha value is -3.13. The van der Waals surface area contributed by atoms with E-state index in [2.05, 4.69) is 35.4 Å². The van der Waals surface area contributed by atoms with Gasteiger partial charge in [0.25, 0.3) is 0 Å². The first-order chi connectivity index (χ1) is 14.9. The van der Waals surface area contributed by atoms with Crippen LogP contribution >= 0.6 is 11.8 Å². The van der Waals surface area contributed by atoms with E-state index in [1.54, 1.807) is 13.4 Å². The van der Waals surface area contributed by atoms with Gasteiger partial charge in [-0.05, 0) is 55.2 Å². The van der Waals surface area contributed by atoms with E-state index in [4.69, 9.17) is 0 Å². The van der Waals surface area contributed by atoms with Gasteiger partial charge in [-0.3, -0.25) is 14.2 Å². The molecule has 3 aromatic rings. The van der Waals surface area contributed by atoms with Crippen LogP contribution in [0.5, 0.6) is 0 Å². The highest BCUT2D eigenvalue weighted by atomic mass is 32.2. The number of thioether (sulfide) groups is 1. The van der Waals surface area contributed by atoms with Gasteiger partial charge >= 0.3 is 0 Å². The van der Waals surface area contributed by atoms with E-state index < -0.39 is 0 Å². The van der Waals surface area contributed by atoms with Gasteiger partial charge in [0.05, 0.1) is 12.3 Å². The van der Waals surface area contributed by atoms with Gasteiger partial charge < -0.3 is 10.2 Å². The van der Waals surface area contributed by atoms with Crippen molar-refractivity contribution in [3.8, 4) is 5.69 Å². The fourth-order valence-electron chi connectivity index (χ4n) is 3.06. The minimum absolute atomic E-state index is 0.0126. The lowest BCUT2D eigenvalue weighted by Gasteiger charge is -2.17. The molecule has 1 heterocycles. The van der Waals surface area contributed by atoms with Crippen LogP contribution in [0.15, 0.2) is 53.9 Å². The third kappa shape index (κ3) is 5.73. The zero-order valence-electron chi connectivity index (χ0n) is 18.3. The number of carbonyl (C=O) groups is 2. The summed E-state index contributed by atoms with van der Waals surface area (Å²) in [6.45, 7) is 6.14. The molecule has 0 aliphatic carbocycles. The lowest BCUT2D eigenvalue weighted by atomic mass is 10.1. The summed E-state index contributed by atoms with van der Waals surface area (Å²) in [6.07, 6.45) is 2.46. The van der Waals surface area contributed by atoms with Gasteiger partial charge in [-0.15, -0.1) is 10.2 Å². The summed E-state index contributed by atoms with van der Waals surface area (Å²) in [5, 5.41) is 11.6. The molecule has 0 saturated carbocycles. The highest BCUT2D eigenvalue weighted by molar-refractivity contribution is 7.99. The molecule has 1 N–H and O–H groups in total. The van der Waals surface area contributed by atoms with Crippen molar-refractivity contribution in [2.24, 2.45) is 0 Å². The largest absolute Gasteiger partial charge is 0.336 e. The summed E-state index contributed by atoms with van der Waals surface area (Å²) in [5.41, 5.74) is 5.18. The second-order valence-electron chi connectivity index (χ2n) is 7.35. The van der Waals surface area contributed by atoms with Crippen LogP contribution in [-0.4, -0.2) is 50.8 Å². The Balaban J connectivity index is 1.57. The normalized spacial score (nSPS) is 10.7. The number of hydrogen-bond donors (Lipinski definition) is 1. The number of likely N-dealkylation sites (N-methyl/N-ethyl adjacent to an activating group) is 1. The first-order valence-corrected chi connectivity index (χ1v) is 11.1. The summed E-state index contributed by atoms with van der Waals surface area (Å²) < 4.78 is 1.86.